The van der Waals surface area contributed by atoms with Crippen molar-refractivity contribution in [3.05, 3.63) is 52.7 Å². The molecule has 0 spiro atoms. The highest BCUT2D eigenvalue weighted by molar-refractivity contribution is 5.94. The van der Waals surface area contributed by atoms with Crippen molar-refractivity contribution in [1.29, 1.82) is 0 Å². The summed E-state index contributed by atoms with van der Waals surface area (Å²) in [7, 11) is 1.63. The monoisotopic (exact) mass is 375 g/mol. The van der Waals surface area contributed by atoms with Gasteiger partial charge in [-0.3, -0.25) is 4.79 Å². The van der Waals surface area contributed by atoms with Crippen molar-refractivity contribution in [2.45, 2.75) is 38.6 Å². The zero-order chi connectivity index (χ0) is 19.3. The molecule has 1 aliphatic rings. The minimum Gasteiger partial charge on any atom is -0.496 e. The first-order valence-corrected chi connectivity index (χ1v) is 9.59. The van der Waals surface area contributed by atoms with Crippen LogP contribution in [-0.4, -0.2) is 31.3 Å². The Morgan fingerprint density at radius 3 is 2.68 bits per heavy atom. The second-order valence-corrected chi connectivity index (χ2v) is 7.26. The Labute approximate surface area is 161 Å². The van der Waals surface area contributed by atoms with Gasteiger partial charge in [0.25, 0.3) is 11.3 Å². The predicted octanol–water partition coefficient (Wildman–Crippen LogP) is 3.54. The van der Waals surface area contributed by atoms with Crippen LogP contribution in [0, 0.1) is 6.92 Å². The summed E-state index contributed by atoms with van der Waals surface area (Å²) in [5.41, 5.74) is 2.07. The van der Waals surface area contributed by atoms with Gasteiger partial charge in [-0.15, -0.1) is 5.10 Å². The lowest BCUT2D eigenvalue weighted by molar-refractivity contribution is 0.416. The van der Waals surface area contributed by atoms with Crippen molar-refractivity contribution in [3.63, 3.8) is 0 Å². The van der Waals surface area contributed by atoms with E-state index in [1.807, 2.05) is 48.0 Å². The van der Waals surface area contributed by atoms with E-state index in [4.69, 9.17) is 4.74 Å². The number of ether oxygens (including phenoxy) is 1. The number of para-hydroxylation sites is 1. The molecule has 0 bridgehead atoms. The molecule has 7 nitrogen and oxygen atoms in total. The van der Waals surface area contributed by atoms with Gasteiger partial charge in [0, 0.05) is 17.8 Å². The van der Waals surface area contributed by atoms with Crippen molar-refractivity contribution in [2.24, 2.45) is 0 Å². The van der Waals surface area contributed by atoms with E-state index in [-0.39, 0.29) is 11.6 Å². The first-order valence-electron chi connectivity index (χ1n) is 9.59. The van der Waals surface area contributed by atoms with E-state index in [0.717, 1.165) is 31.2 Å². The summed E-state index contributed by atoms with van der Waals surface area (Å²) in [5.74, 6) is 1.76. The Balaban J connectivity index is 1.93. The lowest BCUT2D eigenvalue weighted by atomic mass is 10.1. The van der Waals surface area contributed by atoms with Gasteiger partial charge in [0.05, 0.1) is 23.7 Å². The first kappa shape index (κ1) is 16.9. The smallest absolute Gasteiger partial charge is 0.262 e. The summed E-state index contributed by atoms with van der Waals surface area (Å²) in [6.45, 7) is 1.82. The maximum absolute atomic E-state index is 13.6. The Morgan fingerprint density at radius 1 is 1.11 bits per heavy atom. The molecule has 3 aromatic heterocycles. The molecule has 0 aliphatic heterocycles. The molecule has 0 saturated heterocycles. The molecule has 1 fully saturated rings. The highest BCUT2D eigenvalue weighted by Gasteiger charge is 2.23. The van der Waals surface area contributed by atoms with Gasteiger partial charge in [0.2, 0.25) is 0 Å². The third-order valence-corrected chi connectivity index (χ3v) is 5.54. The molecule has 7 heteroatoms. The maximum atomic E-state index is 13.6. The van der Waals surface area contributed by atoms with Gasteiger partial charge in [-0.25, -0.2) is 4.98 Å². The molecule has 142 valence electrons. The van der Waals surface area contributed by atoms with Gasteiger partial charge in [-0.1, -0.05) is 25.0 Å². The number of aromatic nitrogens is 5. The second-order valence-electron chi connectivity index (χ2n) is 7.26. The fraction of sp³-hybridized carbons (Fsp3) is 0.333. The van der Waals surface area contributed by atoms with Gasteiger partial charge in [0.1, 0.15) is 11.6 Å². The predicted molar refractivity (Wildman–Crippen MR) is 107 cm³/mol. The topological polar surface area (TPSA) is 74.3 Å². The molecule has 28 heavy (non-hydrogen) atoms. The summed E-state index contributed by atoms with van der Waals surface area (Å²) in [4.78, 5) is 22.6. The zero-order valence-electron chi connectivity index (χ0n) is 15.9. The highest BCUT2D eigenvalue weighted by Crippen LogP contribution is 2.34. The summed E-state index contributed by atoms with van der Waals surface area (Å²) in [5, 5.41) is 5.07. The molecule has 5 rings (SSSR count). The molecule has 0 amide bonds. The second kappa shape index (κ2) is 6.44. The van der Waals surface area contributed by atoms with Crippen LogP contribution in [0.15, 0.2) is 41.3 Å². The molecular weight excluding hydrogens is 354 g/mol. The number of nitrogens with zero attached hydrogens (tertiary/aromatic N) is 5. The van der Waals surface area contributed by atoms with Gasteiger partial charge < -0.3 is 9.30 Å². The van der Waals surface area contributed by atoms with Crippen LogP contribution in [-0.2, 0) is 0 Å². The molecule has 4 aromatic rings. The number of methoxy groups -OCH3 is 1. The number of rotatable bonds is 3. The van der Waals surface area contributed by atoms with E-state index in [1.165, 1.54) is 0 Å². The number of hydrogen-bond acceptors (Lipinski definition) is 5. The fourth-order valence-electron chi connectivity index (χ4n) is 4.26. The lowest BCUT2D eigenvalue weighted by Crippen LogP contribution is -2.24. The van der Waals surface area contributed by atoms with Crippen LogP contribution in [0.2, 0.25) is 0 Å². The fourth-order valence-corrected chi connectivity index (χ4v) is 4.26. The normalized spacial score (nSPS) is 14.9. The number of fused-ring (bicyclic) bond motifs is 2. The van der Waals surface area contributed by atoms with Crippen LogP contribution in [0.5, 0.6) is 5.75 Å². The van der Waals surface area contributed by atoms with E-state index < -0.39 is 0 Å². The average molecular weight is 375 g/mol. The third kappa shape index (κ3) is 2.50. The largest absolute Gasteiger partial charge is 0.496 e. The average Bonchev–Trinajstić information content (AvgIpc) is 3.35. The van der Waals surface area contributed by atoms with E-state index in [0.29, 0.717) is 33.9 Å². The van der Waals surface area contributed by atoms with E-state index in [2.05, 4.69) is 15.1 Å². The number of hydrogen-bond donors (Lipinski definition) is 0. The zero-order valence-corrected chi connectivity index (χ0v) is 15.9. The van der Waals surface area contributed by atoms with Crippen molar-refractivity contribution in [2.75, 3.05) is 7.11 Å². The van der Waals surface area contributed by atoms with E-state index in [9.17, 15) is 4.79 Å². The minimum absolute atomic E-state index is 0.0344. The molecule has 1 aliphatic carbocycles. The van der Waals surface area contributed by atoms with Gasteiger partial charge >= 0.3 is 0 Å². The Hall–Kier alpha value is -3.22. The van der Waals surface area contributed by atoms with Crippen LogP contribution in [0.25, 0.3) is 27.9 Å². The minimum atomic E-state index is -0.0344. The number of pyridine rings is 1. The molecule has 3 heterocycles. The van der Waals surface area contributed by atoms with Crippen LogP contribution < -0.4 is 10.3 Å². The van der Waals surface area contributed by atoms with E-state index in [1.54, 1.807) is 11.6 Å². The van der Waals surface area contributed by atoms with Crippen molar-refractivity contribution in [3.8, 4) is 17.0 Å². The first-order chi connectivity index (χ1) is 13.7. The van der Waals surface area contributed by atoms with Gasteiger partial charge in [-0.2, -0.15) is 9.50 Å². The van der Waals surface area contributed by atoms with Crippen LogP contribution >= 0.6 is 0 Å². The molecule has 0 unspecified atom stereocenters. The lowest BCUT2D eigenvalue weighted by Gasteiger charge is -2.16. The van der Waals surface area contributed by atoms with Crippen LogP contribution in [0.3, 0.4) is 0 Å². The molecule has 0 N–H and O–H groups in total. The Kier molecular flexibility index (Phi) is 3.89. The maximum Gasteiger partial charge on any atom is 0.262 e. The SMILES string of the molecule is COc1ccccc1-c1c2c(=O)n(C3CCCC3)ccc2nc2nc(C)nn12. The summed E-state index contributed by atoms with van der Waals surface area (Å²) in [6, 6.07) is 9.82. The van der Waals surface area contributed by atoms with E-state index >= 15 is 0 Å². The summed E-state index contributed by atoms with van der Waals surface area (Å²) < 4.78 is 9.11. The van der Waals surface area contributed by atoms with Gasteiger partial charge in [0.15, 0.2) is 0 Å². The van der Waals surface area contributed by atoms with Crippen LogP contribution in [0.4, 0.5) is 0 Å². The quantitative estimate of drug-likeness (QED) is 0.548. The Bertz CT molecular complexity index is 1250. The van der Waals surface area contributed by atoms with Crippen LogP contribution in [0.1, 0.15) is 37.5 Å². The van der Waals surface area contributed by atoms with Gasteiger partial charge in [-0.05, 0) is 38.0 Å². The summed E-state index contributed by atoms with van der Waals surface area (Å²) >= 11 is 0. The molecule has 1 aromatic carbocycles. The molecule has 0 atom stereocenters. The molecular formula is C21H21N5O2. The standard InChI is InChI=1S/C21H21N5O2/c1-13-22-21-23-16-11-12-25(14-7-3-4-8-14)20(27)18(16)19(26(21)24-13)15-9-5-6-10-17(15)28-2/h5-6,9-12,14H,3-4,7-8H2,1-2H3. The third-order valence-electron chi connectivity index (χ3n) is 5.54. The van der Waals surface area contributed by atoms with Crippen molar-refractivity contribution < 1.29 is 4.74 Å². The molecule has 1 saturated carbocycles. The molecule has 0 radical (unpaired) electrons. The van der Waals surface area contributed by atoms with Crippen molar-refractivity contribution >= 4 is 16.7 Å². The number of aryl methyl sites for hydroxylation is 1. The number of benzene rings is 1. The highest BCUT2D eigenvalue weighted by atomic mass is 16.5. The Morgan fingerprint density at radius 2 is 1.89 bits per heavy atom. The van der Waals surface area contributed by atoms with Crippen molar-refractivity contribution in [1.82, 2.24) is 24.1 Å². The summed E-state index contributed by atoms with van der Waals surface area (Å²) in [6.07, 6.45) is 6.27.